The van der Waals surface area contributed by atoms with Crippen LogP contribution in [-0.4, -0.2) is 30.0 Å². The highest BCUT2D eigenvalue weighted by Crippen LogP contribution is 2.36. The number of aliphatic hydroxyl groups is 1. The zero-order chi connectivity index (χ0) is 15.5. The third-order valence-corrected chi connectivity index (χ3v) is 5.89. The van der Waals surface area contributed by atoms with E-state index < -0.39 is 5.60 Å². The summed E-state index contributed by atoms with van der Waals surface area (Å²) in [7, 11) is 0. The maximum absolute atomic E-state index is 11.2. The van der Waals surface area contributed by atoms with E-state index in [-0.39, 0.29) is 11.4 Å². The van der Waals surface area contributed by atoms with Gasteiger partial charge in [0.25, 0.3) is 0 Å². The van der Waals surface area contributed by atoms with Crippen LogP contribution in [0.1, 0.15) is 12.0 Å². The van der Waals surface area contributed by atoms with Crippen LogP contribution in [-0.2, 0) is 12.1 Å². The monoisotopic (exact) mass is 455 g/mol. The van der Waals surface area contributed by atoms with Crippen molar-refractivity contribution in [3.63, 3.8) is 0 Å². The van der Waals surface area contributed by atoms with Crippen LogP contribution in [0.4, 0.5) is 0 Å². The number of rotatable bonds is 6. The van der Waals surface area contributed by atoms with Gasteiger partial charge < -0.3 is 5.11 Å². The van der Waals surface area contributed by atoms with Gasteiger partial charge in [-0.1, -0.05) is 61.1 Å². The number of alkyl halides is 2. The van der Waals surface area contributed by atoms with Crippen LogP contribution in [0.25, 0.3) is 0 Å². The number of benzene rings is 1. The van der Waals surface area contributed by atoms with Gasteiger partial charge in [-0.15, -0.1) is 0 Å². The molecule has 0 spiro atoms. The molecule has 0 aliphatic heterocycles. The fraction of sp³-hybridized carbons (Fsp3) is 0.385. The van der Waals surface area contributed by atoms with Gasteiger partial charge in [0.1, 0.15) is 18.3 Å². The molecule has 4 nitrogen and oxygen atoms in total. The van der Waals surface area contributed by atoms with Crippen molar-refractivity contribution < 1.29 is 5.11 Å². The molecule has 0 saturated heterocycles. The summed E-state index contributed by atoms with van der Waals surface area (Å²) in [5.74, 6) is 0. The quantitative estimate of drug-likeness (QED) is 0.666. The standard InChI is InChI=1S/C13H13Br2Cl2N3O/c14-5-9(15)4-13(21,6-20-8-18-7-19-20)11-2-1-10(16)3-12(11)17/h1-3,7-9,21H,4-6H2. The summed E-state index contributed by atoms with van der Waals surface area (Å²) in [5.41, 5.74) is -0.563. The highest BCUT2D eigenvalue weighted by Gasteiger charge is 2.34. The molecule has 1 heterocycles. The van der Waals surface area contributed by atoms with Crippen molar-refractivity contribution in [2.24, 2.45) is 0 Å². The van der Waals surface area contributed by atoms with E-state index in [9.17, 15) is 5.11 Å². The Labute approximate surface area is 149 Å². The zero-order valence-electron chi connectivity index (χ0n) is 10.9. The first kappa shape index (κ1) is 17.2. The largest absolute Gasteiger partial charge is 0.383 e. The van der Waals surface area contributed by atoms with E-state index in [2.05, 4.69) is 41.9 Å². The first-order valence-corrected chi connectivity index (χ1v) is 8.94. The molecule has 21 heavy (non-hydrogen) atoms. The molecule has 8 heteroatoms. The van der Waals surface area contributed by atoms with Gasteiger partial charge in [0.05, 0.1) is 6.54 Å². The number of aromatic nitrogens is 3. The van der Waals surface area contributed by atoms with E-state index in [0.29, 0.717) is 27.4 Å². The van der Waals surface area contributed by atoms with Crippen LogP contribution in [0.5, 0.6) is 0 Å². The Balaban J connectivity index is 2.38. The number of hydrogen-bond acceptors (Lipinski definition) is 3. The first-order chi connectivity index (χ1) is 9.94. The highest BCUT2D eigenvalue weighted by atomic mass is 79.9. The third-order valence-electron chi connectivity index (χ3n) is 3.05. The Morgan fingerprint density at radius 2 is 2.14 bits per heavy atom. The van der Waals surface area contributed by atoms with Gasteiger partial charge in [-0.25, -0.2) is 9.67 Å². The summed E-state index contributed by atoms with van der Waals surface area (Å²) in [4.78, 5) is 3.98. The van der Waals surface area contributed by atoms with Gasteiger partial charge in [0.15, 0.2) is 0 Å². The first-order valence-electron chi connectivity index (χ1n) is 6.15. The van der Waals surface area contributed by atoms with Crippen LogP contribution >= 0.6 is 55.1 Å². The minimum absolute atomic E-state index is 0.0813. The third kappa shape index (κ3) is 4.42. The van der Waals surface area contributed by atoms with Crippen LogP contribution in [0.2, 0.25) is 10.0 Å². The second kappa shape index (κ2) is 7.42. The lowest BCUT2D eigenvalue weighted by atomic mass is 9.89. The summed E-state index contributed by atoms with van der Waals surface area (Å²) >= 11 is 19.1. The van der Waals surface area contributed by atoms with Crippen molar-refractivity contribution in [3.8, 4) is 0 Å². The van der Waals surface area contributed by atoms with Gasteiger partial charge in [0, 0.05) is 25.8 Å². The Morgan fingerprint density at radius 1 is 1.38 bits per heavy atom. The molecule has 1 aromatic carbocycles. The van der Waals surface area contributed by atoms with E-state index >= 15 is 0 Å². The predicted octanol–water partition coefficient (Wildman–Crippen LogP) is 4.02. The Bertz CT molecular complexity index is 597. The second-order valence-corrected chi connectivity index (χ2v) is 7.49. The van der Waals surface area contributed by atoms with Gasteiger partial charge in [-0.3, -0.25) is 0 Å². The predicted molar refractivity (Wildman–Crippen MR) is 91.5 cm³/mol. The molecule has 0 bridgehead atoms. The summed E-state index contributed by atoms with van der Waals surface area (Å²) in [6.07, 6.45) is 3.45. The van der Waals surface area contributed by atoms with Crippen molar-refractivity contribution in [1.29, 1.82) is 0 Å². The van der Waals surface area contributed by atoms with Crippen molar-refractivity contribution in [2.45, 2.75) is 23.4 Å². The number of halogens is 4. The average Bonchev–Trinajstić information content (AvgIpc) is 2.90. The fourth-order valence-electron chi connectivity index (χ4n) is 2.13. The normalized spacial score (nSPS) is 15.7. The molecular weight excluding hydrogens is 445 g/mol. The van der Waals surface area contributed by atoms with E-state index in [0.717, 1.165) is 0 Å². The molecule has 0 amide bonds. The van der Waals surface area contributed by atoms with Crippen LogP contribution < -0.4 is 0 Å². The fourth-order valence-corrected chi connectivity index (χ4v) is 3.48. The summed E-state index contributed by atoms with van der Waals surface area (Å²) in [6, 6.07) is 5.09. The van der Waals surface area contributed by atoms with Crippen molar-refractivity contribution in [1.82, 2.24) is 14.8 Å². The molecule has 2 unspecified atom stereocenters. The molecule has 1 N–H and O–H groups in total. The van der Waals surface area contributed by atoms with E-state index in [4.69, 9.17) is 23.2 Å². The van der Waals surface area contributed by atoms with Gasteiger partial charge in [0.2, 0.25) is 0 Å². The van der Waals surface area contributed by atoms with E-state index in [1.165, 1.54) is 6.33 Å². The molecule has 0 aliphatic carbocycles. The van der Waals surface area contributed by atoms with E-state index in [1.54, 1.807) is 29.2 Å². The maximum Gasteiger partial charge on any atom is 0.137 e. The molecule has 0 radical (unpaired) electrons. The molecule has 0 saturated carbocycles. The summed E-state index contributed by atoms with van der Waals surface area (Å²) < 4.78 is 1.58. The van der Waals surface area contributed by atoms with E-state index in [1.807, 2.05) is 0 Å². The number of nitrogens with zero attached hydrogens (tertiary/aromatic N) is 3. The molecule has 114 valence electrons. The number of hydrogen-bond donors (Lipinski definition) is 1. The van der Waals surface area contributed by atoms with Crippen molar-refractivity contribution >= 4 is 55.1 Å². The van der Waals surface area contributed by atoms with Crippen LogP contribution in [0.15, 0.2) is 30.9 Å². The second-order valence-electron chi connectivity index (χ2n) is 4.70. The SMILES string of the molecule is OC(CC(Br)CBr)(Cn1cncn1)c1ccc(Cl)cc1Cl. The zero-order valence-corrected chi connectivity index (χ0v) is 15.6. The van der Waals surface area contributed by atoms with Crippen molar-refractivity contribution in [3.05, 3.63) is 46.5 Å². The summed E-state index contributed by atoms with van der Waals surface area (Å²) in [5, 5.41) is 16.9. The molecule has 0 aliphatic rings. The lowest BCUT2D eigenvalue weighted by molar-refractivity contribution is 0.00777. The van der Waals surface area contributed by atoms with Crippen LogP contribution in [0, 0.1) is 0 Å². The molecule has 2 atom stereocenters. The molecular formula is C13H13Br2Cl2N3O. The van der Waals surface area contributed by atoms with Crippen LogP contribution in [0.3, 0.4) is 0 Å². The Hall–Kier alpha value is -0.140. The summed E-state index contributed by atoms with van der Waals surface area (Å²) in [6.45, 7) is 0.253. The Kier molecular flexibility index (Phi) is 6.08. The average molecular weight is 458 g/mol. The highest BCUT2D eigenvalue weighted by molar-refractivity contribution is 9.12. The lowest BCUT2D eigenvalue weighted by Gasteiger charge is -2.31. The maximum atomic E-state index is 11.2. The molecule has 2 aromatic rings. The lowest BCUT2D eigenvalue weighted by Crippen LogP contribution is -2.35. The topological polar surface area (TPSA) is 50.9 Å². The van der Waals surface area contributed by atoms with Gasteiger partial charge in [-0.05, 0) is 18.6 Å². The smallest absolute Gasteiger partial charge is 0.137 e. The molecule has 2 rings (SSSR count). The van der Waals surface area contributed by atoms with Crippen molar-refractivity contribution in [2.75, 3.05) is 5.33 Å². The minimum Gasteiger partial charge on any atom is -0.383 e. The molecule has 1 aromatic heterocycles. The molecule has 0 fully saturated rings. The van der Waals surface area contributed by atoms with Gasteiger partial charge >= 0.3 is 0 Å². The Morgan fingerprint density at radius 3 is 2.71 bits per heavy atom. The van der Waals surface area contributed by atoms with Gasteiger partial charge in [-0.2, -0.15) is 5.10 Å². The minimum atomic E-state index is -1.18.